The van der Waals surface area contributed by atoms with Crippen molar-refractivity contribution < 1.29 is 17.2 Å². The summed E-state index contributed by atoms with van der Waals surface area (Å²) in [4.78, 5) is 0.0913. The fraction of sp³-hybridized carbons (Fsp3) is 0.133. The highest BCUT2D eigenvalue weighted by Gasteiger charge is 2.11. The molecular formula is C30H27BrF2N4O2S2. The molecule has 0 spiro atoms. The number of benzene rings is 4. The Hall–Kier alpha value is -3.90. The van der Waals surface area contributed by atoms with Crippen molar-refractivity contribution in [2.24, 2.45) is 4.36 Å². The van der Waals surface area contributed by atoms with Gasteiger partial charge < -0.3 is 0 Å². The third-order valence-electron chi connectivity index (χ3n) is 5.31. The van der Waals surface area contributed by atoms with Crippen molar-refractivity contribution in [1.29, 1.82) is 15.3 Å². The van der Waals surface area contributed by atoms with Gasteiger partial charge in [0.15, 0.2) is 0 Å². The van der Waals surface area contributed by atoms with Crippen LogP contribution < -0.4 is 0 Å². The maximum Gasteiger partial charge on any atom is 0.140 e. The van der Waals surface area contributed by atoms with Crippen LogP contribution in [0.2, 0.25) is 0 Å². The average molecular weight is 658 g/mol. The summed E-state index contributed by atoms with van der Waals surface area (Å²) in [6.45, 7) is 0.218. The van der Waals surface area contributed by atoms with Crippen molar-refractivity contribution >= 4 is 35.4 Å². The summed E-state index contributed by atoms with van der Waals surface area (Å²) in [7, 11) is -5.68. The Kier molecular flexibility index (Phi) is 12.8. The maximum atomic E-state index is 13.6. The molecule has 0 heterocycles. The van der Waals surface area contributed by atoms with Gasteiger partial charge in [0.2, 0.25) is 0 Å². The summed E-state index contributed by atoms with van der Waals surface area (Å²) >= 11 is 3.32. The molecule has 4 aromatic carbocycles. The van der Waals surface area contributed by atoms with Crippen LogP contribution in [0.15, 0.2) is 111 Å². The van der Waals surface area contributed by atoms with Gasteiger partial charge in [0, 0.05) is 17.8 Å². The molecule has 1 N–H and O–H groups in total. The van der Waals surface area contributed by atoms with Crippen molar-refractivity contribution in [3.05, 3.63) is 131 Å². The minimum atomic E-state index is -2.91. The Bertz CT molecular complexity index is 1770. The summed E-state index contributed by atoms with van der Waals surface area (Å²) in [6, 6.07) is 30.0. The number of nitriles is 2. The monoisotopic (exact) mass is 656 g/mol. The van der Waals surface area contributed by atoms with Crippen LogP contribution in [0, 0.1) is 39.1 Å². The van der Waals surface area contributed by atoms with Gasteiger partial charge >= 0.3 is 0 Å². The standard InChI is InChI=1S/C15H13FN2OS.C8H6BrN.C7H8FNOS/c1-20(19,15-5-3-2-4-14(15)16)18-11-13-8-6-12(10-17)7-9-13;9-5-7-1-3-8(6-10)4-2-7;1-11(9,10)7-5-3-2-4-6(7)8/h2-9H,11H2,1H3;1-4H,5H2;2-5,9H,1H3. The minimum Gasteiger partial charge on any atom is -0.249 e. The molecular weight excluding hydrogens is 630 g/mol. The van der Waals surface area contributed by atoms with Crippen LogP contribution in [-0.4, -0.2) is 20.9 Å². The average Bonchev–Trinajstić information content (AvgIpc) is 2.97. The van der Waals surface area contributed by atoms with Gasteiger partial charge in [0.1, 0.15) is 11.6 Å². The number of nitrogens with zero attached hydrogens (tertiary/aromatic N) is 3. The second-order valence-corrected chi connectivity index (χ2v) is 13.5. The molecule has 2 atom stereocenters. The van der Waals surface area contributed by atoms with Crippen LogP contribution >= 0.6 is 15.9 Å². The van der Waals surface area contributed by atoms with E-state index in [0.29, 0.717) is 11.1 Å². The van der Waals surface area contributed by atoms with Gasteiger partial charge in [-0.3, -0.25) is 0 Å². The fourth-order valence-electron chi connectivity index (χ4n) is 3.13. The molecule has 41 heavy (non-hydrogen) atoms. The highest BCUT2D eigenvalue weighted by Crippen LogP contribution is 2.17. The van der Waals surface area contributed by atoms with Crippen LogP contribution in [0.5, 0.6) is 0 Å². The van der Waals surface area contributed by atoms with E-state index in [1.54, 1.807) is 42.5 Å². The Labute approximate surface area is 248 Å². The van der Waals surface area contributed by atoms with E-state index in [9.17, 15) is 17.2 Å². The van der Waals surface area contributed by atoms with Crippen LogP contribution in [0.25, 0.3) is 0 Å². The molecule has 2 unspecified atom stereocenters. The smallest absolute Gasteiger partial charge is 0.140 e. The molecule has 4 rings (SSSR count). The van der Waals surface area contributed by atoms with Crippen molar-refractivity contribution in [3.63, 3.8) is 0 Å². The van der Waals surface area contributed by atoms with E-state index in [0.717, 1.165) is 10.9 Å². The number of nitrogens with one attached hydrogen (secondary N) is 1. The lowest BCUT2D eigenvalue weighted by molar-refractivity contribution is 0.593. The molecule has 0 aromatic heterocycles. The summed E-state index contributed by atoms with van der Waals surface area (Å²) in [5, 5.41) is 18.0. The second-order valence-electron chi connectivity index (χ2n) is 8.55. The van der Waals surface area contributed by atoms with Gasteiger partial charge in [-0.15, -0.1) is 0 Å². The quantitative estimate of drug-likeness (QED) is 0.222. The lowest BCUT2D eigenvalue weighted by Gasteiger charge is -2.06. The lowest BCUT2D eigenvalue weighted by Crippen LogP contribution is -2.01. The summed E-state index contributed by atoms with van der Waals surface area (Å²) in [5.74, 6) is -1.08. The topological polar surface area (TPSA) is 118 Å². The molecule has 0 fully saturated rings. The Morgan fingerprint density at radius 2 is 1.15 bits per heavy atom. The van der Waals surface area contributed by atoms with E-state index in [4.69, 9.17) is 15.3 Å². The van der Waals surface area contributed by atoms with Gasteiger partial charge in [-0.05, 0) is 59.7 Å². The Morgan fingerprint density at radius 3 is 1.51 bits per heavy atom. The van der Waals surface area contributed by atoms with E-state index in [1.807, 2.05) is 30.3 Å². The molecule has 0 aliphatic heterocycles. The van der Waals surface area contributed by atoms with Crippen LogP contribution in [0.1, 0.15) is 22.3 Å². The first kappa shape index (κ1) is 33.3. The largest absolute Gasteiger partial charge is 0.249 e. The third-order valence-corrected chi connectivity index (χ3v) is 8.90. The second kappa shape index (κ2) is 15.8. The molecule has 0 aliphatic rings. The van der Waals surface area contributed by atoms with Crippen molar-refractivity contribution in [2.75, 3.05) is 12.5 Å². The van der Waals surface area contributed by atoms with E-state index in [2.05, 4.69) is 26.4 Å². The van der Waals surface area contributed by atoms with Crippen LogP contribution in [-0.2, 0) is 31.3 Å². The normalized spacial score (nSPS) is 12.9. The molecule has 0 saturated heterocycles. The van der Waals surface area contributed by atoms with Gasteiger partial charge in [0.25, 0.3) is 0 Å². The number of halogens is 3. The zero-order valence-electron chi connectivity index (χ0n) is 22.3. The van der Waals surface area contributed by atoms with E-state index < -0.39 is 31.1 Å². The predicted molar refractivity (Wildman–Crippen MR) is 161 cm³/mol. The molecule has 4 aromatic rings. The molecule has 0 aliphatic carbocycles. The van der Waals surface area contributed by atoms with E-state index in [-0.39, 0.29) is 16.3 Å². The maximum absolute atomic E-state index is 13.6. The first-order valence-electron chi connectivity index (χ1n) is 11.9. The summed E-state index contributed by atoms with van der Waals surface area (Å²) in [6.07, 6.45) is 2.63. The molecule has 0 saturated carbocycles. The third kappa shape index (κ3) is 10.9. The highest BCUT2D eigenvalue weighted by molar-refractivity contribution is 9.08. The molecule has 0 radical (unpaired) electrons. The molecule has 212 valence electrons. The van der Waals surface area contributed by atoms with Crippen LogP contribution in [0.3, 0.4) is 0 Å². The number of hydrogen-bond donors (Lipinski definition) is 1. The molecule has 0 amide bonds. The zero-order valence-corrected chi connectivity index (χ0v) is 25.5. The predicted octanol–water partition coefficient (Wildman–Crippen LogP) is 7.67. The number of rotatable bonds is 5. The van der Waals surface area contributed by atoms with Gasteiger partial charge in [0.05, 0.1) is 59.1 Å². The first-order chi connectivity index (χ1) is 19.4. The van der Waals surface area contributed by atoms with Crippen LogP contribution in [0.4, 0.5) is 8.78 Å². The van der Waals surface area contributed by atoms with E-state index >= 15 is 0 Å². The summed E-state index contributed by atoms with van der Waals surface area (Å²) < 4.78 is 61.1. The minimum absolute atomic E-state index is 0.0278. The molecule has 6 nitrogen and oxygen atoms in total. The Balaban J connectivity index is 0.000000236. The molecule has 0 bridgehead atoms. The number of hydrogen-bond acceptors (Lipinski definition) is 6. The van der Waals surface area contributed by atoms with Crippen molar-refractivity contribution in [3.8, 4) is 12.1 Å². The SMILES string of the molecule is CS(=N)(=O)c1ccccc1F.CS(=O)(=NCc1ccc(C#N)cc1)c1ccccc1F.N#Cc1ccc(CBr)cc1. The van der Waals surface area contributed by atoms with Gasteiger partial charge in [-0.2, -0.15) is 10.5 Å². The van der Waals surface area contributed by atoms with Crippen molar-refractivity contribution in [2.45, 2.75) is 21.7 Å². The van der Waals surface area contributed by atoms with Crippen molar-refractivity contribution in [1.82, 2.24) is 0 Å². The number of alkyl halides is 1. The highest BCUT2D eigenvalue weighted by atomic mass is 79.9. The van der Waals surface area contributed by atoms with Gasteiger partial charge in [-0.25, -0.2) is 26.3 Å². The van der Waals surface area contributed by atoms with E-state index in [1.165, 1.54) is 48.4 Å². The zero-order chi connectivity index (χ0) is 30.5. The summed E-state index contributed by atoms with van der Waals surface area (Å²) in [5.41, 5.74) is 3.29. The first-order valence-corrected chi connectivity index (χ1v) is 16.9. The fourth-order valence-corrected chi connectivity index (χ4v) is 5.58. The molecule has 11 heteroatoms. The lowest BCUT2D eigenvalue weighted by atomic mass is 10.1. The Morgan fingerprint density at radius 1 is 0.732 bits per heavy atom. The van der Waals surface area contributed by atoms with Gasteiger partial charge in [-0.1, -0.05) is 64.5 Å².